The predicted octanol–water partition coefficient (Wildman–Crippen LogP) is 2.68. The maximum Gasteiger partial charge on any atom is 0.127 e. The summed E-state index contributed by atoms with van der Waals surface area (Å²) in [6, 6.07) is 4.85. The van der Waals surface area contributed by atoms with Gasteiger partial charge in [0.2, 0.25) is 0 Å². The average molecular weight is 291 g/mol. The molecule has 1 N–H and O–H groups in total. The third-order valence-corrected chi connectivity index (χ3v) is 3.10. The van der Waals surface area contributed by atoms with E-state index in [1.54, 1.807) is 4.68 Å². The van der Waals surface area contributed by atoms with Crippen LogP contribution >= 0.6 is 0 Å². The molecule has 1 heterocycles. The van der Waals surface area contributed by atoms with Gasteiger partial charge in [-0.25, -0.2) is 4.39 Å². The maximum absolute atomic E-state index is 13.6. The second-order valence-corrected chi connectivity index (χ2v) is 5.09. The molecule has 1 aromatic heterocycles. The standard InChI is InChI=1S/C16H22FN3O/c1-3-5-18-10-14-7-15(17)9-16(8-14)21-6-4-13-11-19-20(2)12-13/h7-9,11-12,18H,3-6,10H2,1-2H3. The fourth-order valence-electron chi connectivity index (χ4n) is 2.10. The van der Waals surface area contributed by atoms with Crippen LogP contribution in [0.15, 0.2) is 30.6 Å². The Labute approximate surface area is 124 Å². The lowest BCUT2D eigenvalue weighted by Gasteiger charge is -2.09. The van der Waals surface area contributed by atoms with Crippen LogP contribution in [-0.4, -0.2) is 22.9 Å². The zero-order valence-electron chi connectivity index (χ0n) is 12.6. The minimum Gasteiger partial charge on any atom is -0.493 e. The van der Waals surface area contributed by atoms with Crippen molar-refractivity contribution in [1.29, 1.82) is 0 Å². The molecule has 5 heteroatoms. The molecule has 0 saturated heterocycles. The van der Waals surface area contributed by atoms with E-state index in [2.05, 4.69) is 17.3 Å². The normalized spacial score (nSPS) is 10.8. The Morgan fingerprint density at radius 2 is 2.14 bits per heavy atom. The van der Waals surface area contributed by atoms with Crippen LogP contribution in [0.4, 0.5) is 4.39 Å². The smallest absolute Gasteiger partial charge is 0.127 e. The van der Waals surface area contributed by atoms with Crippen LogP contribution in [0, 0.1) is 5.82 Å². The Hall–Kier alpha value is -1.88. The number of ether oxygens (including phenoxy) is 1. The van der Waals surface area contributed by atoms with Crippen LogP contribution in [0.2, 0.25) is 0 Å². The lowest BCUT2D eigenvalue weighted by molar-refractivity contribution is 0.319. The molecule has 0 aliphatic heterocycles. The molecule has 0 aliphatic carbocycles. The van der Waals surface area contributed by atoms with Crippen molar-refractivity contribution in [3.05, 3.63) is 47.5 Å². The van der Waals surface area contributed by atoms with Gasteiger partial charge in [0.25, 0.3) is 0 Å². The molecule has 0 fully saturated rings. The molecule has 0 saturated carbocycles. The average Bonchev–Trinajstić information content (AvgIpc) is 2.84. The number of nitrogens with zero attached hydrogens (tertiary/aromatic N) is 2. The zero-order valence-corrected chi connectivity index (χ0v) is 12.6. The number of nitrogens with one attached hydrogen (secondary N) is 1. The summed E-state index contributed by atoms with van der Waals surface area (Å²) >= 11 is 0. The summed E-state index contributed by atoms with van der Waals surface area (Å²) < 4.78 is 21.0. The summed E-state index contributed by atoms with van der Waals surface area (Å²) in [5.74, 6) is 0.314. The molecule has 0 spiro atoms. The van der Waals surface area contributed by atoms with Crippen LogP contribution in [0.5, 0.6) is 5.75 Å². The summed E-state index contributed by atoms with van der Waals surface area (Å²) in [4.78, 5) is 0. The first-order valence-electron chi connectivity index (χ1n) is 7.28. The summed E-state index contributed by atoms with van der Waals surface area (Å²) in [6.45, 7) is 4.20. The first kappa shape index (κ1) is 15.5. The third-order valence-electron chi connectivity index (χ3n) is 3.10. The molecule has 0 bridgehead atoms. The van der Waals surface area contributed by atoms with E-state index in [9.17, 15) is 4.39 Å². The fraction of sp³-hybridized carbons (Fsp3) is 0.438. The fourth-order valence-corrected chi connectivity index (χ4v) is 2.10. The first-order valence-corrected chi connectivity index (χ1v) is 7.28. The lowest BCUT2D eigenvalue weighted by atomic mass is 10.2. The monoisotopic (exact) mass is 291 g/mol. The molecule has 0 atom stereocenters. The number of hydrogen-bond donors (Lipinski definition) is 1. The van der Waals surface area contributed by atoms with Crippen molar-refractivity contribution in [3.8, 4) is 5.75 Å². The number of rotatable bonds is 8. The van der Waals surface area contributed by atoms with Gasteiger partial charge in [-0.05, 0) is 36.2 Å². The van der Waals surface area contributed by atoms with Gasteiger partial charge in [0.05, 0.1) is 12.8 Å². The van der Waals surface area contributed by atoms with Crippen molar-refractivity contribution in [2.45, 2.75) is 26.3 Å². The van der Waals surface area contributed by atoms with Gasteiger partial charge in [0.1, 0.15) is 11.6 Å². The van der Waals surface area contributed by atoms with Gasteiger partial charge in [-0.3, -0.25) is 4.68 Å². The molecule has 0 aliphatic rings. The van der Waals surface area contributed by atoms with Crippen molar-refractivity contribution in [2.75, 3.05) is 13.2 Å². The molecule has 0 unspecified atom stereocenters. The van der Waals surface area contributed by atoms with Crippen LogP contribution in [0.3, 0.4) is 0 Å². The van der Waals surface area contributed by atoms with Gasteiger partial charge in [-0.1, -0.05) is 6.92 Å². The topological polar surface area (TPSA) is 39.1 Å². The quantitative estimate of drug-likeness (QED) is 0.760. The molecular weight excluding hydrogens is 269 g/mol. The van der Waals surface area contributed by atoms with E-state index in [1.807, 2.05) is 25.5 Å². The minimum absolute atomic E-state index is 0.262. The van der Waals surface area contributed by atoms with Crippen LogP contribution in [0.1, 0.15) is 24.5 Å². The summed E-state index contributed by atoms with van der Waals surface area (Å²) in [5.41, 5.74) is 2.01. The first-order chi connectivity index (χ1) is 10.2. The van der Waals surface area contributed by atoms with E-state index in [0.717, 1.165) is 30.5 Å². The molecule has 2 aromatic rings. The highest BCUT2D eigenvalue weighted by Gasteiger charge is 2.03. The Morgan fingerprint density at radius 1 is 1.29 bits per heavy atom. The van der Waals surface area contributed by atoms with Gasteiger partial charge in [-0.15, -0.1) is 0 Å². The molecule has 1 aromatic carbocycles. The minimum atomic E-state index is -0.262. The third kappa shape index (κ3) is 5.19. The largest absolute Gasteiger partial charge is 0.493 e. The summed E-state index contributed by atoms with van der Waals surface area (Å²) in [5, 5.41) is 7.36. The molecule has 21 heavy (non-hydrogen) atoms. The van der Waals surface area contributed by atoms with Crippen molar-refractivity contribution < 1.29 is 9.13 Å². The number of benzene rings is 1. The highest BCUT2D eigenvalue weighted by molar-refractivity contribution is 5.29. The van der Waals surface area contributed by atoms with Crippen molar-refractivity contribution in [1.82, 2.24) is 15.1 Å². The van der Waals surface area contributed by atoms with E-state index >= 15 is 0 Å². The van der Waals surface area contributed by atoms with Crippen LogP contribution in [0.25, 0.3) is 0 Å². The SMILES string of the molecule is CCCNCc1cc(F)cc(OCCc2cnn(C)c2)c1. The second kappa shape index (κ2) is 7.78. The van der Waals surface area contributed by atoms with Gasteiger partial charge in [0, 0.05) is 32.3 Å². The van der Waals surface area contributed by atoms with Gasteiger partial charge in [-0.2, -0.15) is 5.10 Å². The maximum atomic E-state index is 13.6. The van der Waals surface area contributed by atoms with Crippen LogP contribution < -0.4 is 10.1 Å². The second-order valence-electron chi connectivity index (χ2n) is 5.09. The lowest BCUT2D eigenvalue weighted by Crippen LogP contribution is -2.14. The number of aryl methyl sites for hydroxylation is 1. The van der Waals surface area contributed by atoms with Crippen LogP contribution in [-0.2, 0) is 20.0 Å². The van der Waals surface area contributed by atoms with Crippen molar-refractivity contribution in [3.63, 3.8) is 0 Å². The predicted molar refractivity (Wildman–Crippen MR) is 80.8 cm³/mol. The number of hydrogen-bond acceptors (Lipinski definition) is 3. The molecule has 0 radical (unpaired) electrons. The van der Waals surface area contributed by atoms with E-state index in [-0.39, 0.29) is 5.82 Å². The zero-order chi connectivity index (χ0) is 15.1. The number of halogens is 1. The highest BCUT2D eigenvalue weighted by Crippen LogP contribution is 2.17. The molecule has 0 amide bonds. The summed E-state index contributed by atoms with van der Waals surface area (Å²) in [6.07, 6.45) is 5.58. The Morgan fingerprint density at radius 3 is 2.86 bits per heavy atom. The van der Waals surface area contributed by atoms with E-state index in [4.69, 9.17) is 4.74 Å². The molecular formula is C16H22FN3O. The number of aromatic nitrogens is 2. The van der Waals surface area contributed by atoms with Crippen molar-refractivity contribution in [2.24, 2.45) is 7.05 Å². The van der Waals surface area contributed by atoms with E-state index < -0.39 is 0 Å². The Kier molecular flexibility index (Phi) is 5.75. The van der Waals surface area contributed by atoms with Gasteiger partial charge >= 0.3 is 0 Å². The molecule has 4 nitrogen and oxygen atoms in total. The van der Waals surface area contributed by atoms with E-state index in [1.165, 1.54) is 12.1 Å². The molecule has 2 rings (SSSR count). The van der Waals surface area contributed by atoms with E-state index in [0.29, 0.717) is 18.9 Å². The summed E-state index contributed by atoms with van der Waals surface area (Å²) in [7, 11) is 1.88. The highest BCUT2D eigenvalue weighted by atomic mass is 19.1. The Balaban J connectivity index is 1.87. The Bertz CT molecular complexity index is 568. The van der Waals surface area contributed by atoms with Gasteiger partial charge in [0.15, 0.2) is 0 Å². The molecule has 114 valence electrons. The van der Waals surface area contributed by atoms with Crippen molar-refractivity contribution >= 4 is 0 Å². The van der Waals surface area contributed by atoms with Gasteiger partial charge < -0.3 is 10.1 Å².